The van der Waals surface area contributed by atoms with E-state index in [-0.39, 0.29) is 6.04 Å². The molecule has 1 rings (SSSR count). The molecule has 62 valence electrons. The van der Waals surface area contributed by atoms with Gasteiger partial charge in [0, 0.05) is 12.5 Å². The number of hydrogen-bond acceptors (Lipinski definition) is 1. The molecule has 0 aromatic rings. The number of rotatable bonds is 2. The third-order valence-corrected chi connectivity index (χ3v) is 2.98. The molecule has 0 radical (unpaired) electrons. The summed E-state index contributed by atoms with van der Waals surface area (Å²) in [4.78, 5) is 0. The van der Waals surface area contributed by atoms with Crippen LogP contribution in [0.25, 0.3) is 0 Å². The van der Waals surface area contributed by atoms with Crippen molar-refractivity contribution in [2.24, 2.45) is 11.1 Å². The zero-order valence-electron chi connectivity index (χ0n) is 7.27. The van der Waals surface area contributed by atoms with Gasteiger partial charge in [0.15, 0.2) is 0 Å². The fraction of sp³-hybridized carbons (Fsp3) is 0.800. The first kappa shape index (κ1) is 8.62. The highest BCUT2D eigenvalue weighted by atomic mass is 14.7. The molecule has 0 bridgehead atoms. The summed E-state index contributed by atoms with van der Waals surface area (Å²) < 4.78 is 0. The first-order valence-corrected chi connectivity index (χ1v) is 4.38. The molecule has 0 aromatic heterocycles. The third-order valence-electron chi connectivity index (χ3n) is 2.98. The maximum atomic E-state index is 5.98. The van der Waals surface area contributed by atoms with E-state index >= 15 is 0 Å². The van der Waals surface area contributed by atoms with E-state index < -0.39 is 0 Å². The quantitative estimate of drug-likeness (QED) is 0.599. The van der Waals surface area contributed by atoms with Gasteiger partial charge in [-0.05, 0) is 18.3 Å². The Balaban J connectivity index is 2.50. The van der Waals surface area contributed by atoms with Crippen LogP contribution >= 0.6 is 0 Å². The second-order valence-electron chi connectivity index (χ2n) is 3.88. The standard InChI is InChI=1S/C10H17N/c1-3-6-9(11)10(2)7-4-5-8-10/h1,9H,4-8,11H2,2H3. The Labute approximate surface area is 69.4 Å². The third kappa shape index (κ3) is 1.75. The first-order valence-electron chi connectivity index (χ1n) is 4.38. The second-order valence-corrected chi connectivity index (χ2v) is 3.88. The monoisotopic (exact) mass is 151 g/mol. The maximum absolute atomic E-state index is 5.98. The summed E-state index contributed by atoms with van der Waals surface area (Å²) in [5, 5.41) is 0. The first-order chi connectivity index (χ1) is 5.19. The molecule has 0 aromatic carbocycles. The van der Waals surface area contributed by atoms with Crippen molar-refractivity contribution in [2.45, 2.75) is 45.1 Å². The van der Waals surface area contributed by atoms with Crippen molar-refractivity contribution in [3.63, 3.8) is 0 Å². The molecule has 2 N–H and O–H groups in total. The molecule has 0 amide bonds. The number of hydrogen-bond donors (Lipinski definition) is 1. The van der Waals surface area contributed by atoms with Gasteiger partial charge in [0.25, 0.3) is 0 Å². The van der Waals surface area contributed by atoms with E-state index in [0.29, 0.717) is 5.41 Å². The van der Waals surface area contributed by atoms with Gasteiger partial charge >= 0.3 is 0 Å². The van der Waals surface area contributed by atoms with Gasteiger partial charge in [-0.25, -0.2) is 0 Å². The highest BCUT2D eigenvalue weighted by molar-refractivity contribution is 4.97. The minimum Gasteiger partial charge on any atom is -0.326 e. The van der Waals surface area contributed by atoms with Crippen LogP contribution < -0.4 is 5.73 Å². The Morgan fingerprint density at radius 3 is 2.55 bits per heavy atom. The minimum atomic E-state index is 0.218. The lowest BCUT2D eigenvalue weighted by Crippen LogP contribution is -2.37. The van der Waals surface area contributed by atoms with Crippen molar-refractivity contribution in [1.82, 2.24) is 0 Å². The Hall–Kier alpha value is -0.480. The Morgan fingerprint density at radius 2 is 2.09 bits per heavy atom. The molecule has 1 atom stereocenters. The van der Waals surface area contributed by atoms with Crippen LogP contribution in [-0.4, -0.2) is 6.04 Å². The zero-order valence-corrected chi connectivity index (χ0v) is 7.27. The molecule has 1 aliphatic carbocycles. The van der Waals surface area contributed by atoms with E-state index in [2.05, 4.69) is 12.8 Å². The molecule has 1 heteroatoms. The Kier molecular flexibility index (Phi) is 2.57. The van der Waals surface area contributed by atoms with E-state index in [0.717, 1.165) is 6.42 Å². The molecule has 0 saturated heterocycles. The molecule has 0 spiro atoms. The zero-order chi connectivity index (χ0) is 8.32. The van der Waals surface area contributed by atoms with E-state index in [1.165, 1.54) is 25.7 Å². The Morgan fingerprint density at radius 1 is 1.55 bits per heavy atom. The lowest BCUT2D eigenvalue weighted by molar-refractivity contribution is 0.265. The fourth-order valence-corrected chi connectivity index (χ4v) is 1.93. The summed E-state index contributed by atoms with van der Waals surface area (Å²) in [6.07, 6.45) is 11.1. The molecule has 1 unspecified atom stereocenters. The largest absolute Gasteiger partial charge is 0.326 e. The molecule has 0 aliphatic heterocycles. The van der Waals surface area contributed by atoms with E-state index in [9.17, 15) is 0 Å². The van der Waals surface area contributed by atoms with Crippen molar-refractivity contribution in [1.29, 1.82) is 0 Å². The van der Waals surface area contributed by atoms with Crippen LogP contribution in [-0.2, 0) is 0 Å². The molecule has 0 heterocycles. The van der Waals surface area contributed by atoms with Crippen LogP contribution in [0.4, 0.5) is 0 Å². The minimum absolute atomic E-state index is 0.218. The average molecular weight is 151 g/mol. The fourth-order valence-electron chi connectivity index (χ4n) is 1.93. The van der Waals surface area contributed by atoms with Gasteiger partial charge in [-0.2, -0.15) is 0 Å². The van der Waals surface area contributed by atoms with Crippen LogP contribution in [0, 0.1) is 17.8 Å². The summed E-state index contributed by atoms with van der Waals surface area (Å²) in [7, 11) is 0. The van der Waals surface area contributed by atoms with Gasteiger partial charge < -0.3 is 5.73 Å². The highest BCUT2D eigenvalue weighted by Gasteiger charge is 2.33. The molecular formula is C10H17N. The van der Waals surface area contributed by atoms with Crippen LogP contribution in [0.1, 0.15) is 39.0 Å². The molecule has 11 heavy (non-hydrogen) atoms. The number of nitrogens with two attached hydrogens (primary N) is 1. The second kappa shape index (κ2) is 3.28. The smallest absolute Gasteiger partial charge is 0.0243 e. The lowest BCUT2D eigenvalue weighted by Gasteiger charge is -2.29. The average Bonchev–Trinajstić information content (AvgIpc) is 2.38. The van der Waals surface area contributed by atoms with Gasteiger partial charge in [-0.15, -0.1) is 12.3 Å². The predicted molar refractivity (Wildman–Crippen MR) is 48.0 cm³/mol. The van der Waals surface area contributed by atoms with Gasteiger partial charge in [0.1, 0.15) is 0 Å². The Bertz CT molecular complexity index is 160. The van der Waals surface area contributed by atoms with Gasteiger partial charge in [0.05, 0.1) is 0 Å². The van der Waals surface area contributed by atoms with Gasteiger partial charge in [0.2, 0.25) is 0 Å². The van der Waals surface area contributed by atoms with Crippen molar-refractivity contribution in [3.8, 4) is 12.3 Å². The van der Waals surface area contributed by atoms with Crippen LogP contribution in [0.15, 0.2) is 0 Å². The van der Waals surface area contributed by atoms with E-state index in [1.807, 2.05) is 0 Å². The molecular weight excluding hydrogens is 134 g/mol. The topological polar surface area (TPSA) is 26.0 Å². The number of terminal acetylenes is 1. The van der Waals surface area contributed by atoms with Crippen molar-refractivity contribution in [2.75, 3.05) is 0 Å². The normalized spacial score (nSPS) is 24.5. The van der Waals surface area contributed by atoms with E-state index in [1.54, 1.807) is 0 Å². The molecule has 1 nitrogen and oxygen atoms in total. The summed E-state index contributed by atoms with van der Waals surface area (Å²) >= 11 is 0. The van der Waals surface area contributed by atoms with Crippen LogP contribution in [0.5, 0.6) is 0 Å². The van der Waals surface area contributed by atoms with Crippen LogP contribution in [0.2, 0.25) is 0 Å². The summed E-state index contributed by atoms with van der Waals surface area (Å²) in [5.41, 5.74) is 6.32. The summed E-state index contributed by atoms with van der Waals surface area (Å²) in [5.74, 6) is 2.64. The molecule has 1 saturated carbocycles. The van der Waals surface area contributed by atoms with Crippen LogP contribution in [0.3, 0.4) is 0 Å². The van der Waals surface area contributed by atoms with Crippen molar-refractivity contribution >= 4 is 0 Å². The predicted octanol–water partition coefficient (Wildman–Crippen LogP) is 1.92. The lowest BCUT2D eigenvalue weighted by atomic mass is 9.80. The summed E-state index contributed by atoms with van der Waals surface area (Å²) in [6.45, 7) is 2.27. The molecule has 1 fully saturated rings. The van der Waals surface area contributed by atoms with Crippen molar-refractivity contribution in [3.05, 3.63) is 0 Å². The van der Waals surface area contributed by atoms with Crippen molar-refractivity contribution < 1.29 is 0 Å². The summed E-state index contributed by atoms with van der Waals surface area (Å²) in [6, 6.07) is 0.218. The maximum Gasteiger partial charge on any atom is 0.0243 e. The highest BCUT2D eigenvalue weighted by Crippen LogP contribution is 2.40. The van der Waals surface area contributed by atoms with Gasteiger partial charge in [-0.1, -0.05) is 19.8 Å². The molecule has 1 aliphatic rings. The van der Waals surface area contributed by atoms with E-state index in [4.69, 9.17) is 12.2 Å². The SMILES string of the molecule is C#CCC(N)C1(C)CCCC1. The van der Waals surface area contributed by atoms with Gasteiger partial charge in [-0.3, -0.25) is 0 Å².